The Morgan fingerprint density at radius 1 is 1.58 bits per heavy atom. The number of nitro groups is 1. The summed E-state index contributed by atoms with van der Waals surface area (Å²) in [6.07, 6.45) is -0.368. The van der Waals surface area contributed by atoms with Crippen LogP contribution in [0.5, 0.6) is 0 Å². The third kappa shape index (κ3) is 2.87. The number of methoxy groups -OCH3 is 1. The fourth-order valence-corrected chi connectivity index (χ4v) is 2.03. The van der Waals surface area contributed by atoms with Crippen LogP contribution in [0.4, 0.5) is 16.2 Å². The van der Waals surface area contributed by atoms with Crippen molar-refractivity contribution in [2.75, 3.05) is 25.5 Å². The maximum absolute atomic E-state index is 11.2. The number of ether oxygens (including phenoxy) is 1. The summed E-state index contributed by atoms with van der Waals surface area (Å²) in [5.74, 6) is 0. The molecule has 1 amide bonds. The Morgan fingerprint density at radius 2 is 2.26 bits per heavy atom. The number of hydrogen-bond acceptors (Lipinski definition) is 5. The molecule has 8 heteroatoms. The van der Waals surface area contributed by atoms with E-state index < -0.39 is 4.92 Å². The topological polar surface area (TPSA) is 84.7 Å². The number of nitrogens with one attached hydrogen (secondary N) is 1. The molecule has 0 atom stereocenters. The highest BCUT2D eigenvalue weighted by molar-refractivity contribution is 6.33. The van der Waals surface area contributed by atoms with Gasteiger partial charge in [-0.25, -0.2) is 4.79 Å². The number of nitrogens with zero attached hydrogens (tertiary/aromatic N) is 2. The number of rotatable bonds is 3. The lowest BCUT2D eigenvalue weighted by atomic mass is 10.1. The minimum absolute atomic E-state index is 0.0552. The number of carbonyl (C=O) groups is 1. The number of hydrogen-bond donors (Lipinski definition) is 1. The van der Waals surface area contributed by atoms with Crippen molar-refractivity contribution in [2.45, 2.75) is 6.04 Å². The van der Waals surface area contributed by atoms with Crippen molar-refractivity contribution >= 4 is 29.1 Å². The summed E-state index contributed by atoms with van der Waals surface area (Å²) >= 11 is 5.95. The molecule has 1 aliphatic heterocycles. The summed E-state index contributed by atoms with van der Waals surface area (Å²) in [5.41, 5.74) is 0.558. The van der Waals surface area contributed by atoms with Crippen LogP contribution >= 0.6 is 11.6 Å². The van der Waals surface area contributed by atoms with Gasteiger partial charge in [0.2, 0.25) is 0 Å². The second-order valence-electron chi connectivity index (χ2n) is 4.14. The summed E-state index contributed by atoms with van der Waals surface area (Å²) in [6, 6.07) is 4.30. The molecule has 0 aliphatic carbocycles. The third-order valence-electron chi connectivity index (χ3n) is 2.84. The molecule has 1 fully saturated rings. The van der Waals surface area contributed by atoms with E-state index >= 15 is 0 Å². The Kier molecular flexibility index (Phi) is 3.75. The molecule has 19 heavy (non-hydrogen) atoms. The summed E-state index contributed by atoms with van der Waals surface area (Å²) in [5, 5.41) is 14.0. The first kappa shape index (κ1) is 13.4. The second-order valence-corrected chi connectivity index (χ2v) is 4.54. The average molecular weight is 286 g/mol. The minimum atomic E-state index is -0.502. The van der Waals surface area contributed by atoms with E-state index in [0.717, 1.165) is 0 Å². The molecule has 0 spiro atoms. The van der Waals surface area contributed by atoms with E-state index in [0.29, 0.717) is 18.8 Å². The zero-order chi connectivity index (χ0) is 14.0. The molecule has 1 saturated heterocycles. The monoisotopic (exact) mass is 285 g/mol. The molecule has 1 aromatic rings. The maximum atomic E-state index is 11.2. The number of nitro benzene ring substituents is 1. The van der Waals surface area contributed by atoms with Crippen molar-refractivity contribution in [3.63, 3.8) is 0 Å². The number of anilines is 1. The SMILES string of the molecule is COC(=O)N1CC(Nc2ccc([N+](=O)[O-])cc2Cl)C1. The van der Waals surface area contributed by atoms with Crippen LogP contribution in [0.15, 0.2) is 18.2 Å². The van der Waals surface area contributed by atoms with E-state index in [1.165, 1.54) is 24.1 Å². The molecule has 0 unspecified atom stereocenters. The molecule has 1 heterocycles. The van der Waals surface area contributed by atoms with Crippen LogP contribution in [0.3, 0.4) is 0 Å². The van der Waals surface area contributed by atoms with Crippen molar-refractivity contribution in [1.82, 2.24) is 4.90 Å². The van der Waals surface area contributed by atoms with Gasteiger partial charge in [-0.3, -0.25) is 10.1 Å². The van der Waals surface area contributed by atoms with Gasteiger partial charge in [0.25, 0.3) is 5.69 Å². The Balaban J connectivity index is 1.95. The third-order valence-corrected chi connectivity index (χ3v) is 3.15. The lowest BCUT2D eigenvalue weighted by Crippen LogP contribution is -2.56. The zero-order valence-electron chi connectivity index (χ0n) is 10.1. The van der Waals surface area contributed by atoms with Gasteiger partial charge in [-0.05, 0) is 6.07 Å². The van der Waals surface area contributed by atoms with E-state index in [1.807, 2.05) is 0 Å². The van der Waals surface area contributed by atoms with Gasteiger partial charge in [-0.1, -0.05) is 11.6 Å². The van der Waals surface area contributed by atoms with Crippen LogP contribution in [-0.4, -0.2) is 42.2 Å². The molecule has 1 aliphatic rings. The van der Waals surface area contributed by atoms with Crippen LogP contribution in [-0.2, 0) is 4.74 Å². The molecule has 1 N–H and O–H groups in total. The Labute approximate surface area is 114 Å². The summed E-state index contributed by atoms with van der Waals surface area (Å²) < 4.78 is 4.58. The van der Waals surface area contributed by atoms with E-state index in [4.69, 9.17) is 11.6 Å². The molecule has 0 bridgehead atoms. The van der Waals surface area contributed by atoms with E-state index in [-0.39, 0.29) is 22.8 Å². The van der Waals surface area contributed by atoms with E-state index in [9.17, 15) is 14.9 Å². The molecular formula is C11H12ClN3O4. The fraction of sp³-hybridized carbons (Fsp3) is 0.364. The summed E-state index contributed by atoms with van der Waals surface area (Å²) in [4.78, 5) is 22.8. The van der Waals surface area contributed by atoms with E-state index in [2.05, 4.69) is 10.1 Å². The van der Waals surface area contributed by atoms with Crippen LogP contribution in [0, 0.1) is 10.1 Å². The predicted octanol–water partition coefficient (Wildman–Crippen LogP) is 2.11. The van der Waals surface area contributed by atoms with Gasteiger partial charge in [0, 0.05) is 25.2 Å². The van der Waals surface area contributed by atoms with Crippen molar-refractivity contribution in [1.29, 1.82) is 0 Å². The van der Waals surface area contributed by atoms with Crippen LogP contribution in [0.25, 0.3) is 0 Å². The van der Waals surface area contributed by atoms with Gasteiger partial charge in [-0.2, -0.15) is 0 Å². The highest BCUT2D eigenvalue weighted by atomic mass is 35.5. The number of benzene rings is 1. The van der Waals surface area contributed by atoms with Crippen molar-refractivity contribution in [3.05, 3.63) is 33.3 Å². The second kappa shape index (κ2) is 5.31. The van der Waals surface area contributed by atoms with Gasteiger partial charge < -0.3 is 15.0 Å². The van der Waals surface area contributed by atoms with Crippen molar-refractivity contribution in [3.8, 4) is 0 Å². The smallest absolute Gasteiger partial charge is 0.409 e. The van der Waals surface area contributed by atoms with E-state index in [1.54, 1.807) is 6.07 Å². The van der Waals surface area contributed by atoms with Gasteiger partial charge in [0.05, 0.1) is 28.8 Å². The number of likely N-dealkylation sites (tertiary alicyclic amines) is 1. The molecule has 2 rings (SSSR count). The summed E-state index contributed by atoms with van der Waals surface area (Å²) in [6.45, 7) is 1.03. The number of halogens is 1. The summed E-state index contributed by atoms with van der Waals surface area (Å²) in [7, 11) is 1.33. The molecule has 0 aromatic heterocycles. The molecular weight excluding hydrogens is 274 g/mol. The number of carbonyl (C=O) groups excluding carboxylic acids is 1. The van der Waals surface area contributed by atoms with Crippen LogP contribution < -0.4 is 5.32 Å². The molecule has 7 nitrogen and oxygen atoms in total. The predicted molar refractivity (Wildman–Crippen MR) is 69.5 cm³/mol. The first-order chi connectivity index (χ1) is 9.01. The Hall–Kier alpha value is -2.02. The highest BCUT2D eigenvalue weighted by Crippen LogP contribution is 2.28. The fourth-order valence-electron chi connectivity index (χ4n) is 1.80. The Bertz CT molecular complexity index is 517. The van der Waals surface area contributed by atoms with Gasteiger partial charge in [0.15, 0.2) is 0 Å². The Morgan fingerprint density at radius 3 is 2.79 bits per heavy atom. The normalized spacial score (nSPS) is 14.7. The quantitative estimate of drug-likeness (QED) is 0.679. The zero-order valence-corrected chi connectivity index (χ0v) is 10.9. The van der Waals surface area contributed by atoms with Crippen molar-refractivity contribution < 1.29 is 14.5 Å². The number of non-ortho nitro benzene ring substituents is 1. The van der Waals surface area contributed by atoms with Crippen LogP contribution in [0.2, 0.25) is 5.02 Å². The average Bonchev–Trinajstić information content (AvgIpc) is 2.33. The minimum Gasteiger partial charge on any atom is -0.453 e. The first-order valence-corrected chi connectivity index (χ1v) is 5.92. The van der Waals surface area contributed by atoms with Gasteiger partial charge >= 0.3 is 6.09 Å². The maximum Gasteiger partial charge on any atom is 0.409 e. The molecule has 0 radical (unpaired) electrons. The molecule has 0 saturated carbocycles. The first-order valence-electron chi connectivity index (χ1n) is 5.54. The molecule has 102 valence electrons. The standard InChI is InChI=1S/C11H12ClN3O4/c1-19-11(16)14-5-7(6-14)13-10-3-2-8(15(17)18)4-9(10)12/h2-4,7,13H,5-6H2,1H3. The largest absolute Gasteiger partial charge is 0.453 e. The number of amides is 1. The van der Waals surface area contributed by atoms with Crippen molar-refractivity contribution in [2.24, 2.45) is 0 Å². The van der Waals surface area contributed by atoms with Gasteiger partial charge in [0.1, 0.15) is 0 Å². The van der Waals surface area contributed by atoms with Gasteiger partial charge in [-0.15, -0.1) is 0 Å². The highest BCUT2D eigenvalue weighted by Gasteiger charge is 2.31. The lowest BCUT2D eigenvalue weighted by Gasteiger charge is -2.38. The lowest BCUT2D eigenvalue weighted by molar-refractivity contribution is -0.384. The van der Waals surface area contributed by atoms with Crippen LogP contribution in [0.1, 0.15) is 0 Å². The molecule has 1 aromatic carbocycles.